The highest BCUT2D eigenvalue weighted by molar-refractivity contribution is 4.91. The molecule has 1 unspecified atom stereocenters. The van der Waals surface area contributed by atoms with Gasteiger partial charge >= 0.3 is 5.69 Å². The lowest BCUT2D eigenvalue weighted by Crippen LogP contribution is -2.42. The summed E-state index contributed by atoms with van der Waals surface area (Å²) in [6.45, 7) is 6.99. The molecule has 2 N–H and O–H groups in total. The minimum Gasteiger partial charge on any atom is -0.390 e. The first-order valence-electron chi connectivity index (χ1n) is 6.57. The lowest BCUT2D eigenvalue weighted by molar-refractivity contribution is 0.140. The Hall–Kier alpha value is -1.07. The molecule has 1 fully saturated rings. The van der Waals surface area contributed by atoms with Crippen molar-refractivity contribution in [2.24, 2.45) is 0 Å². The van der Waals surface area contributed by atoms with Gasteiger partial charge in [-0.15, -0.1) is 0 Å². The van der Waals surface area contributed by atoms with Crippen molar-refractivity contribution in [1.82, 2.24) is 14.5 Å². The SMILES string of the molecule is CC(C)(C)NCC(O)Cn1ccn(C2CC2)c1=O. The molecule has 1 aromatic heterocycles. The molecule has 1 aliphatic rings. The van der Waals surface area contributed by atoms with E-state index in [-0.39, 0.29) is 11.2 Å². The van der Waals surface area contributed by atoms with Crippen LogP contribution in [0.2, 0.25) is 0 Å². The molecule has 5 nitrogen and oxygen atoms in total. The molecule has 1 aromatic rings. The molecule has 1 saturated carbocycles. The fraction of sp³-hybridized carbons (Fsp3) is 0.769. The number of hydrogen-bond donors (Lipinski definition) is 2. The fourth-order valence-electron chi connectivity index (χ4n) is 1.91. The van der Waals surface area contributed by atoms with Gasteiger partial charge in [0.25, 0.3) is 0 Å². The molecule has 0 saturated heterocycles. The van der Waals surface area contributed by atoms with E-state index in [1.54, 1.807) is 15.3 Å². The minimum atomic E-state index is -0.544. The van der Waals surface area contributed by atoms with Crippen LogP contribution < -0.4 is 11.0 Å². The van der Waals surface area contributed by atoms with Gasteiger partial charge in [-0.3, -0.25) is 9.13 Å². The first kappa shape index (κ1) is 13.4. The van der Waals surface area contributed by atoms with Crippen molar-refractivity contribution in [2.45, 2.75) is 57.8 Å². The number of aromatic nitrogens is 2. The third-order valence-electron chi connectivity index (χ3n) is 3.09. The Bertz CT molecular complexity index is 452. The van der Waals surface area contributed by atoms with Crippen LogP contribution in [0.15, 0.2) is 17.2 Å². The quantitative estimate of drug-likeness (QED) is 0.813. The predicted molar refractivity (Wildman–Crippen MR) is 70.7 cm³/mol. The van der Waals surface area contributed by atoms with Gasteiger partial charge in [-0.1, -0.05) is 0 Å². The molecule has 0 aliphatic heterocycles. The van der Waals surface area contributed by atoms with Crippen LogP contribution in [0.1, 0.15) is 39.7 Å². The Morgan fingerprint density at radius 2 is 2.11 bits per heavy atom. The summed E-state index contributed by atoms with van der Waals surface area (Å²) in [7, 11) is 0. The van der Waals surface area contributed by atoms with Crippen LogP contribution in [0.3, 0.4) is 0 Å². The third kappa shape index (κ3) is 3.46. The predicted octanol–water partition coefficient (Wildman–Crippen LogP) is 0.734. The second-order valence-corrected chi connectivity index (χ2v) is 6.16. The second-order valence-electron chi connectivity index (χ2n) is 6.16. The number of β-amino-alcohol motifs (C(OH)–C–C–N with tert-alkyl or cyclic N) is 1. The number of imidazole rings is 1. The van der Waals surface area contributed by atoms with Crippen molar-refractivity contribution < 1.29 is 5.11 Å². The zero-order valence-electron chi connectivity index (χ0n) is 11.4. The molecule has 1 aliphatic carbocycles. The number of nitrogens with zero attached hydrogens (tertiary/aromatic N) is 2. The lowest BCUT2D eigenvalue weighted by Gasteiger charge is -2.22. The summed E-state index contributed by atoms with van der Waals surface area (Å²) in [6.07, 6.45) is 5.23. The average molecular weight is 253 g/mol. The Morgan fingerprint density at radius 1 is 1.44 bits per heavy atom. The van der Waals surface area contributed by atoms with Crippen molar-refractivity contribution in [1.29, 1.82) is 0 Å². The van der Waals surface area contributed by atoms with Crippen LogP contribution in [0, 0.1) is 0 Å². The summed E-state index contributed by atoms with van der Waals surface area (Å²) in [5.74, 6) is 0. The Kier molecular flexibility index (Phi) is 3.64. The molecule has 102 valence electrons. The van der Waals surface area contributed by atoms with E-state index in [1.165, 1.54) is 0 Å². The molecular weight excluding hydrogens is 230 g/mol. The van der Waals surface area contributed by atoms with Gasteiger partial charge in [0.15, 0.2) is 0 Å². The van der Waals surface area contributed by atoms with Crippen LogP contribution >= 0.6 is 0 Å². The zero-order chi connectivity index (χ0) is 13.3. The molecule has 0 amide bonds. The van der Waals surface area contributed by atoms with E-state index in [2.05, 4.69) is 26.1 Å². The monoisotopic (exact) mass is 253 g/mol. The van der Waals surface area contributed by atoms with Gasteiger partial charge in [0.05, 0.1) is 12.6 Å². The summed E-state index contributed by atoms with van der Waals surface area (Å²) < 4.78 is 3.36. The van der Waals surface area contributed by atoms with E-state index in [9.17, 15) is 9.90 Å². The highest BCUT2D eigenvalue weighted by Crippen LogP contribution is 2.33. The van der Waals surface area contributed by atoms with Gasteiger partial charge < -0.3 is 10.4 Å². The number of rotatable bonds is 5. The van der Waals surface area contributed by atoms with Crippen LogP contribution in [0.25, 0.3) is 0 Å². The maximum Gasteiger partial charge on any atom is 0.328 e. The van der Waals surface area contributed by atoms with E-state index in [1.807, 2.05) is 6.20 Å². The normalized spacial score (nSPS) is 18.0. The topological polar surface area (TPSA) is 59.2 Å². The number of nitrogens with one attached hydrogen (secondary N) is 1. The maximum absolute atomic E-state index is 12.0. The van der Waals surface area contributed by atoms with Crippen LogP contribution in [-0.2, 0) is 6.54 Å². The fourth-order valence-corrected chi connectivity index (χ4v) is 1.91. The standard InChI is InChI=1S/C13H23N3O2/c1-13(2,3)14-8-11(17)9-15-6-7-16(12(15)18)10-4-5-10/h6-7,10-11,14,17H,4-5,8-9H2,1-3H3. The molecule has 0 spiro atoms. The van der Waals surface area contributed by atoms with Gasteiger partial charge in [-0.05, 0) is 33.6 Å². The van der Waals surface area contributed by atoms with E-state index in [0.717, 1.165) is 12.8 Å². The van der Waals surface area contributed by atoms with Crippen molar-refractivity contribution in [3.63, 3.8) is 0 Å². The summed E-state index contributed by atoms with van der Waals surface area (Å²) in [5.41, 5.74) is -0.0291. The van der Waals surface area contributed by atoms with Crippen molar-refractivity contribution in [3.8, 4) is 0 Å². The van der Waals surface area contributed by atoms with Crippen LogP contribution in [0.5, 0.6) is 0 Å². The van der Waals surface area contributed by atoms with E-state index >= 15 is 0 Å². The Labute approximate surface area is 107 Å². The second kappa shape index (κ2) is 4.90. The van der Waals surface area contributed by atoms with Crippen molar-refractivity contribution >= 4 is 0 Å². The largest absolute Gasteiger partial charge is 0.390 e. The summed E-state index contributed by atoms with van der Waals surface area (Å²) in [4.78, 5) is 12.0. The molecule has 0 aromatic carbocycles. The van der Waals surface area contributed by atoms with Crippen molar-refractivity contribution in [2.75, 3.05) is 6.54 Å². The number of aliphatic hydroxyl groups is 1. The van der Waals surface area contributed by atoms with Crippen LogP contribution in [-0.4, -0.2) is 32.4 Å². The Morgan fingerprint density at radius 3 is 2.67 bits per heavy atom. The maximum atomic E-state index is 12.0. The van der Waals surface area contributed by atoms with Gasteiger partial charge in [0, 0.05) is 30.5 Å². The number of aliphatic hydroxyl groups excluding tert-OH is 1. The van der Waals surface area contributed by atoms with Crippen molar-refractivity contribution in [3.05, 3.63) is 22.9 Å². The molecule has 5 heteroatoms. The van der Waals surface area contributed by atoms with E-state index < -0.39 is 6.10 Å². The molecular formula is C13H23N3O2. The summed E-state index contributed by atoms with van der Waals surface area (Å²) in [5, 5.41) is 13.2. The lowest BCUT2D eigenvalue weighted by atomic mass is 10.1. The molecule has 1 heterocycles. The molecule has 1 atom stereocenters. The van der Waals surface area contributed by atoms with Gasteiger partial charge in [0.2, 0.25) is 0 Å². The van der Waals surface area contributed by atoms with Gasteiger partial charge in [0.1, 0.15) is 0 Å². The smallest absolute Gasteiger partial charge is 0.328 e. The zero-order valence-corrected chi connectivity index (χ0v) is 11.4. The molecule has 0 bridgehead atoms. The summed E-state index contributed by atoms with van der Waals surface area (Å²) >= 11 is 0. The van der Waals surface area contributed by atoms with Gasteiger partial charge in [-0.2, -0.15) is 0 Å². The molecule has 0 radical (unpaired) electrons. The minimum absolute atomic E-state index is 0.00712. The highest BCUT2D eigenvalue weighted by atomic mass is 16.3. The third-order valence-corrected chi connectivity index (χ3v) is 3.09. The molecule has 2 rings (SSSR count). The van der Waals surface area contributed by atoms with Gasteiger partial charge in [-0.25, -0.2) is 4.79 Å². The highest BCUT2D eigenvalue weighted by Gasteiger charge is 2.25. The first-order valence-corrected chi connectivity index (χ1v) is 6.57. The first-order chi connectivity index (χ1) is 8.37. The number of hydrogen-bond acceptors (Lipinski definition) is 3. The summed E-state index contributed by atoms with van der Waals surface area (Å²) in [6, 6.07) is 0.392. The van der Waals surface area contributed by atoms with E-state index in [0.29, 0.717) is 19.1 Å². The molecule has 18 heavy (non-hydrogen) atoms. The van der Waals surface area contributed by atoms with E-state index in [4.69, 9.17) is 0 Å². The Balaban J connectivity index is 1.91. The van der Waals surface area contributed by atoms with Crippen LogP contribution in [0.4, 0.5) is 0 Å². The average Bonchev–Trinajstić information content (AvgIpc) is 3.03.